The number of hydrogen-bond donors (Lipinski definition) is 1. The van der Waals surface area contributed by atoms with Crippen LogP contribution in [0.25, 0.3) is 11.0 Å². The van der Waals surface area contributed by atoms with Crippen LogP contribution in [0.1, 0.15) is 16.3 Å². The Balaban J connectivity index is 1.89. The first-order valence-electron chi connectivity index (χ1n) is 5.44. The Hall–Kier alpha value is -2.34. The van der Waals surface area contributed by atoms with Crippen molar-refractivity contribution in [1.29, 1.82) is 0 Å². The molecule has 0 aliphatic heterocycles. The van der Waals surface area contributed by atoms with Crippen molar-refractivity contribution in [2.45, 2.75) is 6.54 Å². The lowest BCUT2D eigenvalue weighted by atomic mass is 10.3. The Morgan fingerprint density at radius 3 is 2.79 bits per heavy atom. The lowest BCUT2D eigenvalue weighted by molar-refractivity contribution is 0.0660. The number of rotatable bonds is 3. The van der Waals surface area contributed by atoms with Crippen LogP contribution < -0.4 is 0 Å². The molecular weight excluding hydrogens is 270 g/mol. The Morgan fingerprint density at radius 2 is 2.05 bits per heavy atom. The second-order valence-electron chi connectivity index (χ2n) is 3.93. The van der Waals surface area contributed by atoms with Crippen molar-refractivity contribution in [3.05, 3.63) is 46.9 Å². The van der Waals surface area contributed by atoms with E-state index < -0.39 is 5.97 Å². The van der Waals surface area contributed by atoms with Gasteiger partial charge in [0.2, 0.25) is 5.76 Å². The van der Waals surface area contributed by atoms with E-state index >= 15 is 0 Å². The van der Waals surface area contributed by atoms with Gasteiger partial charge in [-0.05, 0) is 30.3 Å². The second-order valence-corrected chi connectivity index (χ2v) is 4.37. The van der Waals surface area contributed by atoms with E-state index in [1.54, 1.807) is 24.3 Å². The Morgan fingerprint density at radius 1 is 1.26 bits per heavy atom. The van der Waals surface area contributed by atoms with Crippen LogP contribution in [-0.4, -0.2) is 26.1 Å². The first-order valence-corrected chi connectivity index (χ1v) is 5.82. The topological polar surface area (TPSA) is 81.1 Å². The number of hydrogen-bond acceptors (Lipinski definition) is 4. The molecule has 2 aromatic heterocycles. The van der Waals surface area contributed by atoms with Gasteiger partial charge in [0.15, 0.2) is 0 Å². The van der Waals surface area contributed by atoms with Gasteiger partial charge in [-0.25, -0.2) is 4.79 Å². The first-order chi connectivity index (χ1) is 9.11. The average Bonchev–Trinajstić information content (AvgIpc) is 2.95. The number of aromatic nitrogens is 3. The highest BCUT2D eigenvalue weighted by Gasteiger charge is 2.10. The molecule has 0 fully saturated rings. The lowest BCUT2D eigenvalue weighted by Gasteiger charge is -1.94. The SMILES string of the molecule is O=C(O)c1ccc(Cn2nc3ccc(Cl)cc3n2)o1. The maximum Gasteiger partial charge on any atom is 0.371 e. The van der Waals surface area contributed by atoms with E-state index in [0.29, 0.717) is 16.3 Å². The molecule has 0 amide bonds. The molecule has 2 heterocycles. The summed E-state index contributed by atoms with van der Waals surface area (Å²) in [6.45, 7) is 0.263. The van der Waals surface area contributed by atoms with Gasteiger partial charge in [0.1, 0.15) is 23.3 Å². The second kappa shape index (κ2) is 4.40. The van der Waals surface area contributed by atoms with Gasteiger partial charge >= 0.3 is 5.97 Å². The fraction of sp³-hybridized carbons (Fsp3) is 0.0833. The normalized spacial score (nSPS) is 11.0. The standard InChI is InChI=1S/C12H8ClN3O3/c13-7-1-3-9-10(5-7)15-16(14-9)6-8-2-4-11(19-8)12(17)18/h1-5H,6H2,(H,17,18). The van der Waals surface area contributed by atoms with Gasteiger partial charge in [0.25, 0.3) is 0 Å². The van der Waals surface area contributed by atoms with Crippen molar-refractivity contribution in [3.8, 4) is 0 Å². The number of aromatic carboxylic acids is 1. The van der Waals surface area contributed by atoms with E-state index in [0.717, 1.165) is 5.52 Å². The third-order valence-corrected chi connectivity index (χ3v) is 2.79. The van der Waals surface area contributed by atoms with E-state index in [1.807, 2.05) is 0 Å². The summed E-state index contributed by atoms with van der Waals surface area (Å²) in [5, 5.41) is 17.8. The number of nitrogens with zero attached hydrogens (tertiary/aromatic N) is 3. The van der Waals surface area contributed by atoms with Gasteiger partial charge in [-0.15, -0.1) is 0 Å². The van der Waals surface area contributed by atoms with Gasteiger partial charge in [-0.2, -0.15) is 15.0 Å². The summed E-state index contributed by atoms with van der Waals surface area (Å²) in [6, 6.07) is 8.21. The molecular formula is C12H8ClN3O3. The van der Waals surface area contributed by atoms with E-state index in [-0.39, 0.29) is 12.3 Å². The van der Waals surface area contributed by atoms with Crippen molar-refractivity contribution in [3.63, 3.8) is 0 Å². The molecule has 3 rings (SSSR count). The molecule has 19 heavy (non-hydrogen) atoms. The molecule has 0 radical (unpaired) electrons. The molecule has 0 atom stereocenters. The number of carbonyl (C=O) groups is 1. The van der Waals surface area contributed by atoms with Crippen molar-refractivity contribution in [1.82, 2.24) is 15.0 Å². The zero-order chi connectivity index (χ0) is 13.4. The van der Waals surface area contributed by atoms with Gasteiger partial charge in [-0.1, -0.05) is 11.6 Å². The van der Waals surface area contributed by atoms with Crippen LogP contribution >= 0.6 is 11.6 Å². The molecule has 0 bridgehead atoms. The number of fused-ring (bicyclic) bond motifs is 1. The third-order valence-electron chi connectivity index (χ3n) is 2.55. The molecule has 0 saturated carbocycles. The van der Waals surface area contributed by atoms with Gasteiger partial charge in [-0.3, -0.25) is 0 Å². The van der Waals surface area contributed by atoms with Crippen molar-refractivity contribution in [2.75, 3.05) is 0 Å². The average molecular weight is 278 g/mol. The Labute approximate surface area is 112 Å². The van der Waals surface area contributed by atoms with Crippen LogP contribution in [0.3, 0.4) is 0 Å². The molecule has 0 saturated heterocycles. The quantitative estimate of drug-likeness (QED) is 0.795. The summed E-state index contributed by atoms with van der Waals surface area (Å²) in [7, 11) is 0. The number of benzene rings is 1. The summed E-state index contributed by atoms with van der Waals surface area (Å²) in [6.07, 6.45) is 0. The lowest BCUT2D eigenvalue weighted by Crippen LogP contribution is -2.02. The third kappa shape index (κ3) is 2.30. The van der Waals surface area contributed by atoms with Crippen molar-refractivity contribution < 1.29 is 14.3 Å². The highest BCUT2D eigenvalue weighted by Crippen LogP contribution is 2.16. The maximum absolute atomic E-state index is 10.7. The zero-order valence-corrected chi connectivity index (χ0v) is 10.3. The smallest absolute Gasteiger partial charge is 0.371 e. The summed E-state index contributed by atoms with van der Waals surface area (Å²) >= 11 is 5.87. The first kappa shape index (κ1) is 11.7. The monoisotopic (exact) mass is 277 g/mol. The summed E-state index contributed by atoms with van der Waals surface area (Å²) in [5.74, 6) is -0.727. The fourth-order valence-corrected chi connectivity index (χ4v) is 1.89. The summed E-state index contributed by atoms with van der Waals surface area (Å²) < 4.78 is 5.14. The molecule has 96 valence electrons. The van der Waals surface area contributed by atoms with Crippen LogP contribution in [0.4, 0.5) is 0 Å². The minimum Gasteiger partial charge on any atom is -0.475 e. The van der Waals surface area contributed by atoms with Crippen molar-refractivity contribution >= 4 is 28.6 Å². The number of furan rings is 1. The Kier molecular flexibility index (Phi) is 2.72. The molecule has 0 spiro atoms. The number of halogens is 1. The zero-order valence-electron chi connectivity index (χ0n) is 9.58. The molecule has 3 aromatic rings. The van der Waals surface area contributed by atoms with Crippen molar-refractivity contribution in [2.24, 2.45) is 0 Å². The Bertz CT molecular complexity index is 763. The van der Waals surface area contributed by atoms with E-state index in [1.165, 1.54) is 10.9 Å². The van der Waals surface area contributed by atoms with Gasteiger partial charge in [0, 0.05) is 5.02 Å². The van der Waals surface area contributed by atoms with Crippen LogP contribution in [0, 0.1) is 0 Å². The van der Waals surface area contributed by atoms with Crippen LogP contribution in [0.2, 0.25) is 5.02 Å². The van der Waals surface area contributed by atoms with Gasteiger partial charge in [0.05, 0.1) is 0 Å². The minimum atomic E-state index is -1.10. The highest BCUT2D eigenvalue weighted by atomic mass is 35.5. The highest BCUT2D eigenvalue weighted by molar-refractivity contribution is 6.31. The predicted molar refractivity (Wildman–Crippen MR) is 67.3 cm³/mol. The van der Waals surface area contributed by atoms with Crippen LogP contribution in [0.5, 0.6) is 0 Å². The van der Waals surface area contributed by atoms with Crippen LogP contribution in [-0.2, 0) is 6.54 Å². The molecule has 0 aliphatic rings. The summed E-state index contributed by atoms with van der Waals surface area (Å²) in [5.41, 5.74) is 1.40. The van der Waals surface area contributed by atoms with E-state index in [2.05, 4.69) is 10.2 Å². The summed E-state index contributed by atoms with van der Waals surface area (Å²) in [4.78, 5) is 12.1. The van der Waals surface area contributed by atoms with Gasteiger partial charge < -0.3 is 9.52 Å². The van der Waals surface area contributed by atoms with E-state index in [4.69, 9.17) is 21.1 Å². The molecule has 0 unspecified atom stereocenters. The largest absolute Gasteiger partial charge is 0.475 e. The molecule has 1 aromatic carbocycles. The van der Waals surface area contributed by atoms with E-state index in [9.17, 15) is 4.79 Å². The number of carboxylic acid groups (broad SMARTS) is 1. The fourth-order valence-electron chi connectivity index (χ4n) is 1.72. The predicted octanol–water partition coefficient (Wildman–Crippen LogP) is 2.42. The molecule has 6 nitrogen and oxygen atoms in total. The van der Waals surface area contributed by atoms with Crippen LogP contribution in [0.15, 0.2) is 34.7 Å². The number of carboxylic acids is 1. The maximum atomic E-state index is 10.7. The molecule has 0 aliphatic carbocycles. The minimum absolute atomic E-state index is 0.102. The molecule has 7 heteroatoms. The molecule has 1 N–H and O–H groups in total.